The fourth-order valence-corrected chi connectivity index (χ4v) is 2.41. The summed E-state index contributed by atoms with van der Waals surface area (Å²) >= 11 is 0. The molecule has 0 bridgehead atoms. The predicted octanol–water partition coefficient (Wildman–Crippen LogP) is 2.59. The first-order valence-electron chi connectivity index (χ1n) is 7.92. The number of hydrogen-bond acceptors (Lipinski definition) is 5. The number of benzene rings is 1. The van der Waals surface area contributed by atoms with E-state index < -0.39 is 18.3 Å². The van der Waals surface area contributed by atoms with Crippen molar-refractivity contribution in [1.29, 1.82) is 0 Å². The molecule has 1 aromatic rings. The Bertz CT molecular complexity index is 582. The normalized spacial score (nSPS) is 19.0. The lowest BCUT2D eigenvalue weighted by Crippen LogP contribution is -2.41. The van der Waals surface area contributed by atoms with Crippen LogP contribution in [-0.2, 0) is 14.0 Å². The number of nitrogens with one attached hydrogen (secondary N) is 1. The Labute approximate surface area is 138 Å². The molecule has 0 aliphatic carbocycles. The lowest BCUT2D eigenvalue weighted by molar-refractivity contribution is 0.00578. The third kappa shape index (κ3) is 3.53. The first-order chi connectivity index (χ1) is 10.6. The monoisotopic (exact) mass is 319 g/mol. The predicted molar refractivity (Wildman–Crippen MR) is 92.3 cm³/mol. The van der Waals surface area contributed by atoms with Gasteiger partial charge in [-0.25, -0.2) is 4.79 Å². The molecule has 2 rings (SSSR count). The Morgan fingerprint density at radius 3 is 2.22 bits per heavy atom. The smallest absolute Gasteiger partial charge is 0.465 e. The van der Waals surface area contributed by atoms with E-state index in [9.17, 15) is 4.79 Å². The van der Waals surface area contributed by atoms with Gasteiger partial charge in [0.05, 0.1) is 23.9 Å². The van der Waals surface area contributed by atoms with Crippen molar-refractivity contribution in [3.63, 3.8) is 0 Å². The second-order valence-corrected chi connectivity index (χ2v) is 7.18. The second-order valence-electron chi connectivity index (χ2n) is 7.18. The van der Waals surface area contributed by atoms with Crippen LogP contribution < -0.4 is 10.8 Å². The summed E-state index contributed by atoms with van der Waals surface area (Å²) in [6.45, 7) is 12.1. The number of carbonyl (C=O) groups excluding carboxylic acids is 1. The maximum Gasteiger partial charge on any atom is 0.494 e. The topological polar surface area (TPSA) is 56.8 Å². The molecule has 0 aromatic heterocycles. The van der Waals surface area contributed by atoms with Crippen LogP contribution in [0.4, 0.5) is 5.69 Å². The molecule has 23 heavy (non-hydrogen) atoms. The van der Waals surface area contributed by atoms with Crippen molar-refractivity contribution >= 4 is 24.2 Å². The lowest BCUT2D eigenvalue weighted by atomic mass is 9.78. The lowest BCUT2D eigenvalue weighted by Gasteiger charge is -2.32. The summed E-state index contributed by atoms with van der Waals surface area (Å²) in [6.07, 6.45) is 0. The summed E-state index contributed by atoms with van der Waals surface area (Å²) in [6, 6.07) is 5.68. The van der Waals surface area contributed by atoms with Gasteiger partial charge in [0.15, 0.2) is 0 Å². The summed E-state index contributed by atoms with van der Waals surface area (Å²) in [5.41, 5.74) is 1.30. The van der Waals surface area contributed by atoms with E-state index in [-0.39, 0.29) is 12.0 Å². The van der Waals surface area contributed by atoms with Crippen molar-refractivity contribution < 1.29 is 18.8 Å². The Hall–Kier alpha value is -1.53. The van der Waals surface area contributed by atoms with E-state index in [1.165, 1.54) is 7.11 Å². The number of esters is 1. The standard InChI is InChI=1S/C17H26BNO4/c1-11(2)19-14-10-12(8-9-13(14)15(20)21-7)18-22-16(3,4)17(5,6)23-18/h8-11,19H,1-7H3. The molecule has 1 aliphatic rings. The number of ether oxygens (including phenoxy) is 1. The summed E-state index contributed by atoms with van der Waals surface area (Å²) in [5.74, 6) is -0.367. The van der Waals surface area contributed by atoms with Gasteiger partial charge in [0.25, 0.3) is 0 Å². The largest absolute Gasteiger partial charge is 0.494 e. The molecule has 0 unspecified atom stereocenters. The molecular weight excluding hydrogens is 293 g/mol. The van der Waals surface area contributed by atoms with E-state index in [1.807, 2.05) is 53.7 Å². The minimum Gasteiger partial charge on any atom is -0.465 e. The first kappa shape index (κ1) is 17.8. The third-order valence-corrected chi connectivity index (χ3v) is 4.42. The molecule has 5 nitrogen and oxygen atoms in total. The molecule has 1 aromatic carbocycles. The van der Waals surface area contributed by atoms with E-state index >= 15 is 0 Å². The third-order valence-electron chi connectivity index (χ3n) is 4.42. The zero-order valence-corrected chi connectivity index (χ0v) is 15.0. The van der Waals surface area contributed by atoms with Crippen LogP contribution in [0.3, 0.4) is 0 Å². The van der Waals surface area contributed by atoms with Gasteiger partial charge < -0.3 is 19.4 Å². The number of rotatable bonds is 4. The maximum atomic E-state index is 11.9. The maximum absolute atomic E-state index is 11.9. The minimum atomic E-state index is -0.459. The van der Waals surface area contributed by atoms with Gasteiger partial charge in [-0.2, -0.15) is 0 Å². The van der Waals surface area contributed by atoms with Crippen LogP contribution in [0.5, 0.6) is 0 Å². The first-order valence-corrected chi connectivity index (χ1v) is 7.92. The zero-order valence-electron chi connectivity index (χ0n) is 15.0. The molecule has 0 spiro atoms. The van der Waals surface area contributed by atoms with Crippen molar-refractivity contribution in [3.05, 3.63) is 23.8 Å². The SMILES string of the molecule is COC(=O)c1ccc(B2OC(C)(C)C(C)(C)O2)cc1NC(C)C. The molecule has 1 aliphatic heterocycles. The van der Waals surface area contributed by atoms with E-state index in [0.29, 0.717) is 5.56 Å². The highest BCUT2D eigenvalue weighted by Gasteiger charge is 2.51. The van der Waals surface area contributed by atoms with E-state index in [4.69, 9.17) is 14.0 Å². The van der Waals surface area contributed by atoms with Gasteiger partial charge >= 0.3 is 13.1 Å². The number of anilines is 1. The molecule has 1 heterocycles. The number of methoxy groups -OCH3 is 1. The molecule has 6 heteroatoms. The fourth-order valence-electron chi connectivity index (χ4n) is 2.41. The Kier molecular flexibility index (Phi) is 4.78. The van der Waals surface area contributed by atoms with E-state index in [0.717, 1.165) is 11.2 Å². The highest BCUT2D eigenvalue weighted by molar-refractivity contribution is 6.62. The molecule has 0 atom stereocenters. The molecular formula is C17H26BNO4. The van der Waals surface area contributed by atoms with Crippen LogP contribution in [0.15, 0.2) is 18.2 Å². The molecule has 0 amide bonds. The average Bonchev–Trinajstić information content (AvgIpc) is 2.66. The summed E-state index contributed by atoms with van der Waals surface area (Å²) in [4.78, 5) is 11.9. The highest BCUT2D eigenvalue weighted by atomic mass is 16.7. The van der Waals surface area contributed by atoms with Crippen LogP contribution in [0.2, 0.25) is 0 Å². The van der Waals surface area contributed by atoms with Gasteiger partial charge in [0, 0.05) is 11.7 Å². The van der Waals surface area contributed by atoms with Crippen LogP contribution in [-0.4, -0.2) is 37.4 Å². The van der Waals surface area contributed by atoms with Crippen molar-refractivity contribution in [2.45, 2.75) is 58.8 Å². The molecule has 1 N–H and O–H groups in total. The quantitative estimate of drug-likeness (QED) is 0.683. The van der Waals surface area contributed by atoms with Crippen molar-refractivity contribution in [1.82, 2.24) is 0 Å². The van der Waals surface area contributed by atoms with Crippen LogP contribution in [0.25, 0.3) is 0 Å². The molecule has 1 fully saturated rings. The van der Waals surface area contributed by atoms with Crippen molar-refractivity contribution in [3.8, 4) is 0 Å². The Balaban J connectivity index is 2.36. The zero-order chi connectivity index (χ0) is 17.4. The second kappa shape index (κ2) is 6.17. The van der Waals surface area contributed by atoms with E-state index in [1.54, 1.807) is 6.07 Å². The van der Waals surface area contributed by atoms with Crippen LogP contribution in [0.1, 0.15) is 51.9 Å². The van der Waals surface area contributed by atoms with E-state index in [2.05, 4.69) is 5.32 Å². The van der Waals surface area contributed by atoms with Gasteiger partial charge in [0.2, 0.25) is 0 Å². The van der Waals surface area contributed by atoms with Crippen LogP contribution in [0, 0.1) is 0 Å². The summed E-state index contributed by atoms with van der Waals surface area (Å²) in [7, 11) is 0.920. The summed E-state index contributed by atoms with van der Waals surface area (Å²) < 4.78 is 17.0. The van der Waals surface area contributed by atoms with Gasteiger partial charge in [-0.1, -0.05) is 6.07 Å². The fraction of sp³-hybridized carbons (Fsp3) is 0.588. The molecule has 0 saturated carbocycles. The minimum absolute atomic E-state index is 0.187. The van der Waals surface area contributed by atoms with Gasteiger partial charge in [-0.3, -0.25) is 0 Å². The Morgan fingerprint density at radius 2 is 1.74 bits per heavy atom. The number of hydrogen-bond donors (Lipinski definition) is 1. The van der Waals surface area contributed by atoms with Gasteiger partial charge in [-0.15, -0.1) is 0 Å². The highest BCUT2D eigenvalue weighted by Crippen LogP contribution is 2.36. The average molecular weight is 319 g/mol. The van der Waals surface area contributed by atoms with Gasteiger partial charge in [0.1, 0.15) is 0 Å². The molecule has 1 saturated heterocycles. The van der Waals surface area contributed by atoms with Crippen molar-refractivity contribution in [2.75, 3.05) is 12.4 Å². The number of carbonyl (C=O) groups is 1. The molecule has 0 radical (unpaired) electrons. The van der Waals surface area contributed by atoms with Crippen molar-refractivity contribution in [2.24, 2.45) is 0 Å². The van der Waals surface area contributed by atoms with Crippen LogP contribution >= 0.6 is 0 Å². The Morgan fingerprint density at radius 1 is 1.17 bits per heavy atom. The van der Waals surface area contributed by atoms with Gasteiger partial charge in [-0.05, 0) is 59.1 Å². The summed E-state index contributed by atoms with van der Waals surface area (Å²) in [5, 5.41) is 3.28. The molecule has 126 valence electrons.